The van der Waals surface area contributed by atoms with E-state index in [1.807, 2.05) is 12.1 Å². The second-order valence-electron chi connectivity index (χ2n) is 5.36. The van der Waals surface area contributed by atoms with Gasteiger partial charge in [0, 0.05) is 26.6 Å². The molecule has 134 valence electrons. The molecule has 2 aromatic rings. The quantitative estimate of drug-likeness (QED) is 0.791. The fourth-order valence-electron chi connectivity index (χ4n) is 2.35. The lowest BCUT2D eigenvalue weighted by Crippen LogP contribution is -2.37. The maximum atomic E-state index is 11.9. The van der Waals surface area contributed by atoms with Crippen molar-refractivity contribution in [3.63, 3.8) is 0 Å². The minimum atomic E-state index is -0.306. The van der Waals surface area contributed by atoms with E-state index in [1.54, 1.807) is 37.3 Å². The fraction of sp³-hybridized carbons (Fsp3) is 0.333. The summed E-state index contributed by atoms with van der Waals surface area (Å²) in [6, 6.07) is 8.73. The standard InChI is InChI=1S/C18H22N2O5/c1-13(21)20(9-8-19-18(22)16-5-4-10-25-16)12-14-6-7-15(23-2)17(11-14)24-3/h4-7,10-11H,8-9,12H2,1-3H3,(H,19,22). The van der Waals surface area contributed by atoms with Crippen LogP contribution in [0.2, 0.25) is 0 Å². The van der Waals surface area contributed by atoms with E-state index < -0.39 is 0 Å². The lowest BCUT2D eigenvalue weighted by Gasteiger charge is -2.22. The lowest BCUT2D eigenvalue weighted by molar-refractivity contribution is -0.129. The van der Waals surface area contributed by atoms with Gasteiger partial charge in [0.2, 0.25) is 5.91 Å². The highest BCUT2D eigenvalue weighted by atomic mass is 16.5. The van der Waals surface area contributed by atoms with Crippen molar-refractivity contribution < 1.29 is 23.5 Å². The van der Waals surface area contributed by atoms with Crippen LogP contribution in [0.25, 0.3) is 0 Å². The zero-order chi connectivity index (χ0) is 18.2. The number of amides is 2. The van der Waals surface area contributed by atoms with Crippen molar-refractivity contribution in [1.29, 1.82) is 0 Å². The Kier molecular flexibility index (Phi) is 6.45. The zero-order valence-corrected chi connectivity index (χ0v) is 14.6. The van der Waals surface area contributed by atoms with Crippen LogP contribution >= 0.6 is 0 Å². The molecule has 0 saturated carbocycles. The Hall–Kier alpha value is -2.96. The molecule has 25 heavy (non-hydrogen) atoms. The van der Waals surface area contributed by atoms with Gasteiger partial charge in [-0.15, -0.1) is 0 Å². The van der Waals surface area contributed by atoms with E-state index >= 15 is 0 Å². The first kappa shape index (κ1) is 18.4. The van der Waals surface area contributed by atoms with E-state index in [2.05, 4.69) is 5.32 Å². The van der Waals surface area contributed by atoms with Crippen LogP contribution in [-0.4, -0.2) is 44.0 Å². The molecule has 1 aromatic heterocycles. The van der Waals surface area contributed by atoms with Crippen molar-refractivity contribution in [3.8, 4) is 11.5 Å². The number of hydrogen-bond donors (Lipinski definition) is 1. The van der Waals surface area contributed by atoms with Gasteiger partial charge in [0.15, 0.2) is 17.3 Å². The third-order valence-corrected chi connectivity index (χ3v) is 3.68. The van der Waals surface area contributed by atoms with Crippen molar-refractivity contribution in [2.45, 2.75) is 13.5 Å². The highest BCUT2D eigenvalue weighted by molar-refractivity contribution is 5.91. The molecule has 2 amide bonds. The number of furan rings is 1. The van der Waals surface area contributed by atoms with Gasteiger partial charge in [-0.25, -0.2) is 0 Å². The molecule has 0 aliphatic heterocycles. The van der Waals surface area contributed by atoms with E-state index in [0.717, 1.165) is 5.56 Å². The summed E-state index contributed by atoms with van der Waals surface area (Å²) in [4.78, 5) is 25.3. The second-order valence-corrected chi connectivity index (χ2v) is 5.36. The number of ether oxygens (including phenoxy) is 2. The van der Waals surface area contributed by atoms with E-state index in [1.165, 1.54) is 13.2 Å². The first-order chi connectivity index (χ1) is 12.0. The van der Waals surface area contributed by atoms with Crippen LogP contribution in [0.1, 0.15) is 23.0 Å². The molecule has 0 unspecified atom stereocenters. The predicted octanol–water partition coefficient (Wildman–Crippen LogP) is 2.08. The molecule has 0 aliphatic carbocycles. The summed E-state index contributed by atoms with van der Waals surface area (Å²) in [5, 5.41) is 2.73. The molecule has 0 saturated heterocycles. The van der Waals surface area contributed by atoms with E-state index in [4.69, 9.17) is 13.9 Å². The van der Waals surface area contributed by atoms with Gasteiger partial charge in [-0.2, -0.15) is 0 Å². The number of nitrogens with one attached hydrogen (secondary N) is 1. The Morgan fingerprint density at radius 2 is 1.92 bits per heavy atom. The van der Waals surface area contributed by atoms with Crippen molar-refractivity contribution in [2.75, 3.05) is 27.3 Å². The second kappa shape index (κ2) is 8.77. The lowest BCUT2D eigenvalue weighted by atomic mass is 10.2. The molecule has 0 radical (unpaired) electrons. The van der Waals surface area contributed by atoms with Gasteiger partial charge in [0.1, 0.15) is 0 Å². The molecule has 1 N–H and O–H groups in total. The largest absolute Gasteiger partial charge is 0.493 e. The summed E-state index contributed by atoms with van der Waals surface area (Å²) in [7, 11) is 3.13. The Bertz CT molecular complexity index is 712. The van der Waals surface area contributed by atoms with Gasteiger partial charge in [-0.3, -0.25) is 9.59 Å². The third kappa shape index (κ3) is 5.00. The molecule has 0 fully saturated rings. The summed E-state index contributed by atoms with van der Waals surface area (Å²) in [6.45, 7) is 2.62. The number of carbonyl (C=O) groups excluding carboxylic acids is 2. The van der Waals surface area contributed by atoms with Gasteiger partial charge in [-0.05, 0) is 29.8 Å². The Labute approximate surface area is 146 Å². The summed E-state index contributed by atoms with van der Waals surface area (Å²) in [5.74, 6) is 1.09. The van der Waals surface area contributed by atoms with Crippen LogP contribution in [0.5, 0.6) is 11.5 Å². The average Bonchev–Trinajstić information content (AvgIpc) is 3.15. The third-order valence-electron chi connectivity index (χ3n) is 3.68. The number of nitrogens with zero attached hydrogens (tertiary/aromatic N) is 1. The Morgan fingerprint density at radius 3 is 2.52 bits per heavy atom. The maximum absolute atomic E-state index is 11.9. The fourth-order valence-corrected chi connectivity index (χ4v) is 2.35. The molecule has 0 bridgehead atoms. The molecule has 1 aromatic carbocycles. The van der Waals surface area contributed by atoms with Gasteiger partial charge in [0.25, 0.3) is 5.91 Å². The highest BCUT2D eigenvalue weighted by Crippen LogP contribution is 2.28. The summed E-state index contributed by atoms with van der Waals surface area (Å²) in [5.41, 5.74) is 0.908. The van der Waals surface area contributed by atoms with Crippen LogP contribution in [0, 0.1) is 0 Å². The molecular weight excluding hydrogens is 324 g/mol. The first-order valence-corrected chi connectivity index (χ1v) is 7.83. The minimum absolute atomic E-state index is 0.0815. The van der Waals surface area contributed by atoms with Gasteiger partial charge in [0.05, 0.1) is 20.5 Å². The van der Waals surface area contributed by atoms with Crippen LogP contribution in [0.15, 0.2) is 41.0 Å². The molecule has 0 aliphatic rings. The van der Waals surface area contributed by atoms with Crippen molar-refractivity contribution in [3.05, 3.63) is 47.9 Å². The molecule has 0 atom stereocenters. The van der Waals surface area contributed by atoms with E-state index in [9.17, 15) is 9.59 Å². The SMILES string of the molecule is COc1ccc(CN(CCNC(=O)c2ccco2)C(C)=O)cc1OC. The molecule has 7 heteroatoms. The van der Waals surface area contributed by atoms with Gasteiger partial charge < -0.3 is 24.1 Å². The molecular formula is C18H22N2O5. The summed E-state index contributed by atoms with van der Waals surface area (Å²) >= 11 is 0. The smallest absolute Gasteiger partial charge is 0.287 e. The minimum Gasteiger partial charge on any atom is -0.493 e. The Balaban J connectivity index is 1.94. The summed E-state index contributed by atoms with van der Waals surface area (Å²) < 4.78 is 15.5. The number of hydrogen-bond acceptors (Lipinski definition) is 5. The van der Waals surface area contributed by atoms with Gasteiger partial charge in [-0.1, -0.05) is 6.07 Å². The number of methoxy groups -OCH3 is 2. The monoisotopic (exact) mass is 346 g/mol. The molecule has 2 rings (SSSR count). The zero-order valence-electron chi connectivity index (χ0n) is 14.6. The topological polar surface area (TPSA) is 81.0 Å². The maximum Gasteiger partial charge on any atom is 0.287 e. The van der Waals surface area contributed by atoms with Crippen LogP contribution in [-0.2, 0) is 11.3 Å². The Morgan fingerprint density at radius 1 is 1.16 bits per heavy atom. The highest BCUT2D eigenvalue weighted by Gasteiger charge is 2.13. The van der Waals surface area contributed by atoms with Crippen LogP contribution in [0.4, 0.5) is 0 Å². The normalized spacial score (nSPS) is 10.2. The van der Waals surface area contributed by atoms with Crippen molar-refractivity contribution in [1.82, 2.24) is 10.2 Å². The van der Waals surface area contributed by atoms with Crippen LogP contribution < -0.4 is 14.8 Å². The first-order valence-electron chi connectivity index (χ1n) is 7.83. The average molecular weight is 346 g/mol. The van der Waals surface area contributed by atoms with Crippen LogP contribution in [0.3, 0.4) is 0 Å². The van der Waals surface area contributed by atoms with E-state index in [-0.39, 0.29) is 17.6 Å². The number of carbonyl (C=O) groups is 2. The van der Waals surface area contributed by atoms with Gasteiger partial charge >= 0.3 is 0 Å². The van der Waals surface area contributed by atoms with E-state index in [0.29, 0.717) is 31.1 Å². The molecule has 1 heterocycles. The number of benzene rings is 1. The molecule has 0 spiro atoms. The van der Waals surface area contributed by atoms with Crippen molar-refractivity contribution >= 4 is 11.8 Å². The molecule has 7 nitrogen and oxygen atoms in total. The predicted molar refractivity (Wildman–Crippen MR) is 91.7 cm³/mol. The summed E-state index contributed by atoms with van der Waals surface area (Å²) in [6.07, 6.45) is 1.44. The van der Waals surface area contributed by atoms with Crippen molar-refractivity contribution in [2.24, 2.45) is 0 Å². The number of rotatable bonds is 8.